The second kappa shape index (κ2) is 5.25. The van der Waals surface area contributed by atoms with Crippen molar-refractivity contribution in [1.29, 1.82) is 0 Å². The van der Waals surface area contributed by atoms with Crippen molar-refractivity contribution in [1.82, 2.24) is 5.32 Å². The van der Waals surface area contributed by atoms with Crippen molar-refractivity contribution < 1.29 is 9.53 Å². The van der Waals surface area contributed by atoms with E-state index in [1.807, 2.05) is 0 Å². The van der Waals surface area contributed by atoms with E-state index in [1.165, 1.54) is 0 Å². The zero-order valence-electron chi connectivity index (χ0n) is 7.51. The lowest BCUT2D eigenvalue weighted by Crippen LogP contribution is -2.34. The molecule has 0 aromatic heterocycles. The highest BCUT2D eigenvalue weighted by molar-refractivity contribution is 6.41. The Hall–Kier alpha value is -0.540. The second-order valence-corrected chi connectivity index (χ2v) is 3.57. The zero-order chi connectivity index (χ0) is 9.68. The van der Waals surface area contributed by atoms with Crippen LogP contribution in [0.2, 0.25) is 0 Å². The summed E-state index contributed by atoms with van der Waals surface area (Å²) < 4.78 is 5.26. The SMILES string of the molecule is C=C(Cl)C(=O)NC1CCCOCC1. The zero-order valence-corrected chi connectivity index (χ0v) is 8.27. The summed E-state index contributed by atoms with van der Waals surface area (Å²) in [7, 11) is 0. The monoisotopic (exact) mass is 203 g/mol. The summed E-state index contributed by atoms with van der Waals surface area (Å²) in [6, 6.07) is 0.186. The molecule has 1 rings (SSSR count). The van der Waals surface area contributed by atoms with Crippen LogP contribution in [0.5, 0.6) is 0 Å². The highest BCUT2D eigenvalue weighted by Gasteiger charge is 2.15. The molecule has 13 heavy (non-hydrogen) atoms. The molecule has 0 spiro atoms. The summed E-state index contributed by atoms with van der Waals surface area (Å²) in [5.41, 5.74) is 0. The van der Waals surface area contributed by atoms with Crippen molar-refractivity contribution in [3.05, 3.63) is 11.6 Å². The van der Waals surface area contributed by atoms with E-state index in [9.17, 15) is 4.79 Å². The fourth-order valence-electron chi connectivity index (χ4n) is 1.31. The Kier molecular flexibility index (Phi) is 4.25. The Morgan fingerprint density at radius 2 is 2.23 bits per heavy atom. The van der Waals surface area contributed by atoms with Crippen molar-refractivity contribution in [2.45, 2.75) is 25.3 Å². The van der Waals surface area contributed by atoms with E-state index < -0.39 is 0 Å². The number of carbonyl (C=O) groups is 1. The molecule has 0 aliphatic carbocycles. The number of ether oxygens (including phenoxy) is 1. The molecule has 0 bridgehead atoms. The predicted molar refractivity (Wildman–Crippen MR) is 51.6 cm³/mol. The molecule has 1 fully saturated rings. The largest absolute Gasteiger partial charge is 0.381 e. The van der Waals surface area contributed by atoms with Gasteiger partial charge in [0, 0.05) is 19.3 Å². The molecule has 1 atom stereocenters. The Labute approximate surface area is 83.1 Å². The minimum absolute atomic E-state index is 0.0464. The third-order valence-electron chi connectivity index (χ3n) is 2.03. The first kappa shape index (κ1) is 10.5. The number of halogens is 1. The molecule has 0 aromatic rings. The van der Waals surface area contributed by atoms with Crippen molar-refractivity contribution in [3.8, 4) is 0 Å². The number of nitrogens with one attached hydrogen (secondary N) is 1. The van der Waals surface area contributed by atoms with Gasteiger partial charge in [-0.25, -0.2) is 0 Å². The number of amides is 1. The minimum atomic E-state index is -0.270. The Morgan fingerprint density at radius 3 is 2.92 bits per heavy atom. The van der Waals surface area contributed by atoms with Gasteiger partial charge >= 0.3 is 0 Å². The van der Waals surface area contributed by atoms with Crippen LogP contribution < -0.4 is 5.32 Å². The molecular weight excluding hydrogens is 190 g/mol. The first-order chi connectivity index (χ1) is 6.20. The molecule has 3 nitrogen and oxygen atoms in total. The summed E-state index contributed by atoms with van der Waals surface area (Å²) in [6.07, 6.45) is 2.80. The molecule has 4 heteroatoms. The van der Waals surface area contributed by atoms with E-state index in [0.717, 1.165) is 25.9 Å². The molecule has 1 N–H and O–H groups in total. The maximum Gasteiger partial charge on any atom is 0.262 e. The van der Waals surface area contributed by atoms with Crippen molar-refractivity contribution in [3.63, 3.8) is 0 Å². The molecule has 74 valence electrons. The quantitative estimate of drug-likeness (QED) is 0.690. The van der Waals surface area contributed by atoms with E-state index in [4.69, 9.17) is 16.3 Å². The normalized spacial score (nSPS) is 23.3. The molecule has 1 amide bonds. The maximum atomic E-state index is 11.1. The fourth-order valence-corrected chi connectivity index (χ4v) is 1.37. The standard InChI is InChI=1S/C9H14ClNO2/c1-7(10)9(12)11-8-3-2-5-13-6-4-8/h8H,1-6H2,(H,11,12). The van der Waals surface area contributed by atoms with Gasteiger partial charge in [0.1, 0.15) is 0 Å². The van der Waals surface area contributed by atoms with Gasteiger partial charge in [-0.1, -0.05) is 18.2 Å². The lowest BCUT2D eigenvalue weighted by atomic mass is 10.1. The third kappa shape index (κ3) is 3.79. The van der Waals surface area contributed by atoms with Gasteiger partial charge in [-0.05, 0) is 19.3 Å². The Morgan fingerprint density at radius 1 is 1.46 bits per heavy atom. The van der Waals surface area contributed by atoms with Crippen LogP contribution in [0.4, 0.5) is 0 Å². The molecule has 1 saturated heterocycles. The van der Waals surface area contributed by atoms with Crippen molar-refractivity contribution in [2.24, 2.45) is 0 Å². The molecule has 0 saturated carbocycles. The van der Waals surface area contributed by atoms with E-state index in [0.29, 0.717) is 6.61 Å². The van der Waals surface area contributed by atoms with E-state index in [1.54, 1.807) is 0 Å². The lowest BCUT2D eigenvalue weighted by Gasteiger charge is -2.14. The summed E-state index contributed by atoms with van der Waals surface area (Å²) in [5, 5.41) is 2.85. The molecule has 1 heterocycles. The summed E-state index contributed by atoms with van der Waals surface area (Å²) in [4.78, 5) is 11.1. The fraction of sp³-hybridized carbons (Fsp3) is 0.667. The van der Waals surface area contributed by atoms with Crippen LogP contribution >= 0.6 is 11.6 Å². The van der Waals surface area contributed by atoms with Crippen LogP contribution in [-0.4, -0.2) is 25.2 Å². The van der Waals surface area contributed by atoms with Crippen LogP contribution in [0.3, 0.4) is 0 Å². The first-order valence-electron chi connectivity index (χ1n) is 4.43. The van der Waals surface area contributed by atoms with Gasteiger partial charge in [0.25, 0.3) is 5.91 Å². The molecule has 1 unspecified atom stereocenters. The van der Waals surface area contributed by atoms with E-state index >= 15 is 0 Å². The Balaban J connectivity index is 2.33. The second-order valence-electron chi connectivity index (χ2n) is 3.12. The van der Waals surface area contributed by atoms with Gasteiger partial charge in [-0.2, -0.15) is 0 Å². The predicted octanol–water partition coefficient (Wildman–Crippen LogP) is 1.42. The van der Waals surface area contributed by atoms with Gasteiger partial charge < -0.3 is 10.1 Å². The third-order valence-corrected chi connectivity index (χ3v) is 2.21. The summed E-state index contributed by atoms with van der Waals surface area (Å²) >= 11 is 5.45. The minimum Gasteiger partial charge on any atom is -0.381 e. The Bertz CT molecular complexity index is 198. The number of rotatable bonds is 2. The van der Waals surface area contributed by atoms with E-state index in [-0.39, 0.29) is 17.0 Å². The van der Waals surface area contributed by atoms with E-state index in [2.05, 4.69) is 11.9 Å². The molecule has 1 aliphatic heterocycles. The van der Waals surface area contributed by atoms with Gasteiger partial charge in [0.15, 0.2) is 0 Å². The lowest BCUT2D eigenvalue weighted by molar-refractivity contribution is -0.117. The maximum absolute atomic E-state index is 11.1. The number of hydrogen-bond donors (Lipinski definition) is 1. The number of hydrogen-bond acceptors (Lipinski definition) is 2. The molecule has 0 aromatic carbocycles. The summed E-state index contributed by atoms with van der Waals surface area (Å²) in [6.45, 7) is 4.86. The molecule has 1 aliphatic rings. The van der Waals surface area contributed by atoms with Crippen LogP contribution in [-0.2, 0) is 9.53 Å². The van der Waals surface area contributed by atoms with Crippen LogP contribution in [0, 0.1) is 0 Å². The highest BCUT2D eigenvalue weighted by atomic mass is 35.5. The van der Waals surface area contributed by atoms with Crippen molar-refractivity contribution >= 4 is 17.5 Å². The average Bonchev–Trinajstić information content (AvgIpc) is 2.32. The van der Waals surface area contributed by atoms with Crippen molar-refractivity contribution in [2.75, 3.05) is 13.2 Å². The summed E-state index contributed by atoms with van der Waals surface area (Å²) in [5.74, 6) is -0.270. The molecular formula is C9H14ClNO2. The van der Waals surface area contributed by atoms with Gasteiger partial charge in [0.05, 0.1) is 5.03 Å². The number of carbonyl (C=O) groups excluding carboxylic acids is 1. The highest BCUT2D eigenvalue weighted by Crippen LogP contribution is 2.09. The van der Waals surface area contributed by atoms with Crippen LogP contribution in [0.1, 0.15) is 19.3 Å². The molecule has 0 radical (unpaired) electrons. The van der Waals surface area contributed by atoms with Crippen LogP contribution in [0.25, 0.3) is 0 Å². The van der Waals surface area contributed by atoms with Gasteiger partial charge in [-0.3, -0.25) is 4.79 Å². The average molecular weight is 204 g/mol. The topological polar surface area (TPSA) is 38.3 Å². The smallest absolute Gasteiger partial charge is 0.262 e. The van der Waals surface area contributed by atoms with Gasteiger partial charge in [0.2, 0.25) is 0 Å². The van der Waals surface area contributed by atoms with Gasteiger partial charge in [-0.15, -0.1) is 0 Å². The first-order valence-corrected chi connectivity index (χ1v) is 4.81. The van der Waals surface area contributed by atoms with Crippen LogP contribution in [0.15, 0.2) is 11.6 Å².